The zero-order valence-electron chi connectivity index (χ0n) is 14.7. The molecule has 0 saturated carbocycles. The summed E-state index contributed by atoms with van der Waals surface area (Å²) in [6, 6.07) is 12.4. The van der Waals surface area contributed by atoms with Gasteiger partial charge in [-0.3, -0.25) is 4.79 Å². The first-order valence-electron chi connectivity index (χ1n) is 8.62. The molecular weight excluding hydrogens is 459 g/mol. The summed E-state index contributed by atoms with van der Waals surface area (Å²) >= 11 is 1.75. The number of halogens is 1. The van der Waals surface area contributed by atoms with E-state index in [9.17, 15) is 4.79 Å². The van der Waals surface area contributed by atoms with Gasteiger partial charge in [0.15, 0.2) is 5.96 Å². The molecule has 2 aromatic rings. The number of nitrogens with two attached hydrogens (primary N) is 1. The fourth-order valence-corrected chi connectivity index (χ4v) is 3.63. The summed E-state index contributed by atoms with van der Waals surface area (Å²) in [7, 11) is 0. The second-order valence-electron chi connectivity index (χ2n) is 6.20. The lowest BCUT2D eigenvalue weighted by atomic mass is 10.1. The summed E-state index contributed by atoms with van der Waals surface area (Å²) in [5, 5.41) is 5.23. The Morgan fingerprint density at radius 1 is 1.27 bits per heavy atom. The Morgan fingerprint density at radius 3 is 2.85 bits per heavy atom. The second kappa shape index (κ2) is 10.5. The molecule has 26 heavy (non-hydrogen) atoms. The Labute approximate surface area is 175 Å². The zero-order valence-corrected chi connectivity index (χ0v) is 17.8. The number of benzene rings is 1. The first-order chi connectivity index (χ1) is 12.2. The number of rotatable bonds is 7. The van der Waals surface area contributed by atoms with Gasteiger partial charge in [-0.2, -0.15) is 0 Å². The van der Waals surface area contributed by atoms with E-state index in [1.54, 1.807) is 11.3 Å². The summed E-state index contributed by atoms with van der Waals surface area (Å²) in [4.78, 5) is 19.4. The first kappa shape index (κ1) is 20.7. The monoisotopic (exact) mass is 484 g/mol. The van der Waals surface area contributed by atoms with Gasteiger partial charge in [0, 0.05) is 30.9 Å². The van der Waals surface area contributed by atoms with Crippen molar-refractivity contribution in [3.8, 4) is 0 Å². The van der Waals surface area contributed by atoms with Crippen LogP contribution in [-0.2, 0) is 24.3 Å². The Bertz CT molecular complexity index is 733. The van der Waals surface area contributed by atoms with E-state index in [2.05, 4.69) is 40.0 Å². The minimum atomic E-state index is 0. The van der Waals surface area contributed by atoms with Gasteiger partial charge in [-0.1, -0.05) is 30.3 Å². The molecule has 2 heterocycles. The van der Waals surface area contributed by atoms with E-state index in [0.29, 0.717) is 25.5 Å². The van der Waals surface area contributed by atoms with Crippen molar-refractivity contribution < 1.29 is 4.79 Å². The molecule has 0 spiro atoms. The van der Waals surface area contributed by atoms with Gasteiger partial charge in [-0.25, -0.2) is 4.99 Å². The Hall–Kier alpha value is -1.61. The highest BCUT2D eigenvalue weighted by atomic mass is 127. The van der Waals surface area contributed by atoms with Gasteiger partial charge in [0.2, 0.25) is 5.91 Å². The number of carbonyl (C=O) groups excluding carboxylic acids is 1. The lowest BCUT2D eigenvalue weighted by Crippen LogP contribution is -2.33. The van der Waals surface area contributed by atoms with Crippen LogP contribution in [0.5, 0.6) is 0 Å². The lowest BCUT2D eigenvalue weighted by Gasteiger charge is -2.15. The molecule has 7 heteroatoms. The van der Waals surface area contributed by atoms with Gasteiger partial charge in [0.05, 0.1) is 6.54 Å². The van der Waals surface area contributed by atoms with E-state index in [4.69, 9.17) is 5.73 Å². The molecule has 1 amide bonds. The standard InChI is InChI=1S/C19H24N4OS.HI/c20-19(21-9-8-17-6-3-11-25-17)22-13-15-4-1-5-16(12-15)14-23-10-2-7-18(23)24;/h1,3-6,11-12H,2,7-10,13-14H2,(H3,20,21,22);1H. The number of hydrogen-bond donors (Lipinski definition) is 2. The number of amides is 1. The molecule has 0 aliphatic carbocycles. The van der Waals surface area contributed by atoms with Crippen molar-refractivity contribution in [1.82, 2.24) is 10.2 Å². The third-order valence-corrected chi connectivity index (χ3v) is 5.16. The first-order valence-corrected chi connectivity index (χ1v) is 9.50. The lowest BCUT2D eigenvalue weighted by molar-refractivity contribution is -0.128. The second-order valence-corrected chi connectivity index (χ2v) is 7.23. The fraction of sp³-hybridized carbons (Fsp3) is 0.368. The van der Waals surface area contributed by atoms with Crippen molar-refractivity contribution in [3.63, 3.8) is 0 Å². The number of likely N-dealkylation sites (tertiary alicyclic amines) is 1. The van der Waals surface area contributed by atoms with Crippen LogP contribution in [0.2, 0.25) is 0 Å². The predicted molar refractivity (Wildman–Crippen MR) is 118 cm³/mol. The highest BCUT2D eigenvalue weighted by Crippen LogP contribution is 2.15. The maximum absolute atomic E-state index is 11.7. The molecule has 0 atom stereocenters. The normalized spacial score (nSPS) is 14.4. The van der Waals surface area contributed by atoms with Crippen molar-refractivity contribution in [3.05, 3.63) is 57.8 Å². The summed E-state index contributed by atoms with van der Waals surface area (Å²) in [5.41, 5.74) is 8.19. The predicted octanol–water partition coefficient (Wildman–Crippen LogP) is 3.14. The van der Waals surface area contributed by atoms with Crippen molar-refractivity contribution in [2.45, 2.75) is 32.4 Å². The van der Waals surface area contributed by atoms with Crippen molar-refractivity contribution >= 4 is 47.2 Å². The number of nitrogens with zero attached hydrogens (tertiary/aromatic N) is 2. The minimum absolute atomic E-state index is 0. The minimum Gasteiger partial charge on any atom is -0.370 e. The highest BCUT2D eigenvalue weighted by molar-refractivity contribution is 14.0. The van der Waals surface area contributed by atoms with E-state index in [1.807, 2.05) is 17.0 Å². The molecule has 3 N–H and O–H groups in total. The number of hydrogen-bond acceptors (Lipinski definition) is 3. The van der Waals surface area contributed by atoms with Crippen LogP contribution in [-0.4, -0.2) is 29.9 Å². The number of guanidine groups is 1. The van der Waals surface area contributed by atoms with Crippen molar-refractivity contribution in [1.29, 1.82) is 0 Å². The smallest absolute Gasteiger partial charge is 0.222 e. The maximum atomic E-state index is 11.7. The van der Waals surface area contributed by atoms with Crippen LogP contribution < -0.4 is 11.1 Å². The van der Waals surface area contributed by atoms with Crippen molar-refractivity contribution in [2.75, 3.05) is 13.1 Å². The third-order valence-electron chi connectivity index (χ3n) is 4.23. The molecular formula is C19H25IN4OS. The van der Waals surface area contributed by atoms with Crippen molar-refractivity contribution in [2.24, 2.45) is 10.7 Å². The van der Waals surface area contributed by atoms with Crippen LogP contribution in [0.4, 0.5) is 0 Å². The molecule has 1 aromatic carbocycles. The number of nitrogens with one attached hydrogen (secondary N) is 1. The molecule has 1 aliphatic heterocycles. The van der Waals surface area contributed by atoms with Gasteiger partial charge < -0.3 is 16.0 Å². The number of carbonyl (C=O) groups is 1. The van der Waals surface area contributed by atoms with Crippen LogP contribution in [0, 0.1) is 0 Å². The summed E-state index contributed by atoms with van der Waals surface area (Å²) in [6.07, 6.45) is 2.60. The Morgan fingerprint density at radius 2 is 2.12 bits per heavy atom. The van der Waals surface area contributed by atoms with Crippen LogP contribution in [0.3, 0.4) is 0 Å². The molecule has 0 unspecified atom stereocenters. The SMILES string of the molecule is I.NC(=NCc1cccc(CN2CCCC2=O)c1)NCCc1cccs1. The molecule has 1 saturated heterocycles. The van der Waals surface area contributed by atoms with E-state index in [0.717, 1.165) is 37.1 Å². The molecule has 1 fully saturated rings. The van der Waals surface area contributed by atoms with Gasteiger partial charge >= 0.3 is 0 Å². The number of thiophene rings is 1. The van der Waals surface area contributed by atoms with Crippen LogP contribution in [0.1, 0.15) is 28.8 Å². The molecule has 0 bridgehead atoms. The van der Waals surface area contributed by atoms with Crippen LogP contribution >= 0.6 is 35.3 Å². The van der Waals surface area contributed by atoms with E-state index >= 15 is 0 Å². The molecule has 1 aliphatic rings. The van der Waals surface area contributed by atoms with Gasteiger partial charge in [-0.15, -0.1) is 35.3 Å². The average Bonchev–Trinajstić information content (AvgIpc) is 3.26. The van der Waals surface area contributed by atoms with Gasteiger partial charge in [-0.05, 0) is 35.4 Å². The van der Waals surface area contributed by atoms with Gasteiger partial charge in [0.25, 0.3) is 0 Å². The third kappa shape index (κ3) is 6.28. The Kier molecular flexibility index (Phi) is 8.37. The molecule has 5 nitrogen and oxygen atoms in total. The van der Waals surface area contributed by atoms with E-state index in [1.165, 1.54) is 4.88 Å². The quantitative estimate of drug-likeness (QED) is 0.361. The summed E-state index contributed by atoms with van der Waals surface area (Å²) in [5.74, 6) is 0.722. The Balaban J connectivity index is 0.00000243. The topological polar surface area (TPSA) is 70.7 Å². The molecule has 1 aromatic heterocycles. The highest BCUT2D eigenvalue weighted by Gasteiger charge is 2.19. The maximum Gasteiger partial charge on any atom is 0.222 e. The van der Waals surface area contributed by atoms with Gasteiger partial charge in [0.1, 0.15) is 0 Å². The largest absolute Gasteiger partial charge is 0.370 e. The van der Waals surface area contributed by atoms with Crippen LogP contribution in [0.15, 0.2) is 46.8 Å². The van der Waals surface area contributed by atoms with E-state index in [-0.39, 0.29) is 29.9 Å². The summed E-state index contributed by atoms with van der Waals surface area (Å²) in [6.45, 7) is 2.87. The van der Waals surface area contributed by atoms with Crippen LogP contribution in [0.25, 0.3) is 0 Å². The van der Waals surface area contributed by atoms with E-state index < -0.39 is 0 Å². The average molecular weight is 484 g/mol. The number of aliphatic imine (C=N–C) groups is 1. The fourth-order valence-electron chi connectivity index (χ4n) is 2.92. The zero-order chi connectivity index (χ0) is 17.5. The molecule has 140 valence electrons. The summed E-state index contributed by atoms with van der Waals surface area (Å²) < 4.78 is 0. The molecule has 3 rings (SSSR count). The molecule has 0 radical (unpaired) electrons.